The van der Waals surface area contributed by atoms with Crippen LogP contribution in [0.1, 0.15) is 51.9 Å². The van der Waals surface area contributed by atoms with E-state index < -0.39 is 0 Å². The van der Waals surface area contributed by atoms with E-state index in [0.29, 0.717) is 12.1 Å². The van der Waals surface area contributed by atoms with Gasteiger partial charge in [-0.25, -0.2) is 0 Å². The van der Waals surface area contributed by atoms with Crippen molar-refractivity contribution in [2.45, 2.75) is 64.0 Å². The van der Waals surface area contributed by atoms with Crippen LogP contribution in [0.4, 0.5) is 0 Å². The Hall–Kier alpha value is -0.770. The van der Waals surface area contributed by atoms with Gasteiger partial charge >= 0.3 is 0 Å². The van der Waals surface area contributed by atoms with Crippen LogP contribution < -0.4 is 10.6 Å². The average Bonchev–Trinajstić information content (AvgIpc) is 2.93. The van der Waals surface area contributed by atoms with Crippen molar-refractivity contribution >= 4 is 5.96 Å². The summed E-state index contributed by atoms with van der Waals surface area (Å²) >= 11 is 0. The van der Waals surface area contributed by atoms with Crippen LogP contribution in [0.15, 0.2) is 4.99 Å². The molecule has 0 amide bonds. The fourth-order valence-corrected chi connectivity index (χ4v) is 3.02. The summed E-state index contributed by atoms with van der Waals surface area (Å²) in [5.74, 6) is 1.85. The van der Waals surface area contributed by atoms with Crippen LogP contribution in [0.25, 0.3) is 0 Å². The van der Waals surface area contributed by atoms with E-state index >= 15 is 0 Å². The summed E-state index contributed by atoms with van der Waals surface area (Å²) < 4.78 is 5.63. The molecule has 110 valence electrons. The molecule has 2 fully saturated rings. The molecule has 4 heteroatoms. The van der Waals surface area contributed by atoms with Gasteiger partial charge in [-0.1, -0.05) is 6.92 Å². The molecule has 0 aromatic carbocycles. The van der Waals surface area contributed by atoms with E-state index in [2.05, 4.69) is 22.5 Å². The Labute approximate surface area is 117 Å². The van der Waals surface area contributed by atoms with Crippen LogP contribution in [0.3, 0.4) is 0 Å². The Kier molecular flexibility index (Phi) is 5.95. The highest BCUT2D eigenvalue weighted by Crippen LogP contribution is 2.23. The topological polar surface area (TPSA) is 45.7 Å². The molecule has 2 rings (SSSR count). The molecule has 2 N–H and O–H groups in total. The van der Waals surface area contributed by atoms with E-state index in [4.69, 9.17) is 4.74 Å². The highest BCUT2D eigenvalue weighted by Gasteiger charge is 2.19. The number of guanidine groups is 1. The minimum atomic E-state index is 0.459. The molecule has 0 bridgehead atoms. The monoisotopic (exact) mass is 267 g/mol. The zero-order valence-electron chi connectivity index (χ0n) is 12.5. The number of nitrogens with zero attached hydrogens (tertiary/aromatic N) is 1. The Morgan fingerprint density at radius 2 is 2.00 bits per heavy atom. The SMILES string of the molecule is CN=C(NCCC1CCCO1)NC1CCC(C)CC1. The first-order valence-corrected chi connectivity index (χ1v) is 7.86. The quantitative estimate of drug-likeness (QED) is 0.607. The molecule has 1 aliphatic carbocycles. The molecule has 19 heavy (non-hydrogen) atoms. The summed E-state index contributed by atoms with van der Waals surface area (Å²) in [4.78, 5) is 4.32. The summed E-state index contributed by atoms with van der Waals surface area (Å²) in [5, 5.41) is 6.96. The van der Waals surface area contributed by atoms with Gasteiger partial charge in [-0.15, -0.1) is 0 Å². The first-order chi connectivity index (χ1) is 9.28. The minimum absolute atomic E-state index is 0.459. The standard InChI is InChI=1S/C15H29N3O/c1-12-5-7-13(8-6-12)18-15(16-2)17-10-9-14-4-3-11-19-14/h12-14H,3-11H2,1-2H3,(H2,16,17,18). The lowest BCUT2D eigenvalue weighted by molar-refractivity contribution is 0.105. The van der Waals surface area contributed by atoms with Gasteiger partial charge < -0.3 is 15.4 Å². The second kappa shape index (κ2) is 7.73. The van der Waals surface area contributed by atoms with Crippen LogP contribution in [0.5, 0.6) is 0 Å². The molecule has 1 atom stereocenters. The van der Waals surface area contributed by atoms with Gasteiger partial charge in [0.15, 0.2) is 5.96 Å². The van der Waals surface area contributed by atoms with Crippen molar-refractivity contribution in [2.24, 2.45) is 10.9 Å². The lowest BCUT2D eigenvalue weighted by Gasteiger charge is -2.28. The molecular formula is C15H29N3O. The average molecular weight is 267 g/mol. The van der Waals surface area contributed by atoms with E-state index in [1.54, 1.807) is 0 Å². The molecule has 1 aliphatic heterocycles. The summed E-state index contributed by atoms with van der Waals surface area (Å²) in [6.07, 6.45) is 9.20. The van der Waals surface area contributed by atoms with Gasteiger partial charge in [-0.2, -0.15) is 0 Å². The van der Waals surface area contributed by atoms with Crippen LogP contribution in [-0.4, -0.2) is 38.3 Å². The van der Waals surface area contributed by atoms with Crippen molar-refractivity contribution in [1.29, 1.82) is 0 Å². The largest absolute Gasteiger partial charge is 0.378 e. The molecular weight excluding hydrogens is 238 g/mol. The Bertz CT molecular complexity index is 279. The van der Waals surface area contributed by atoms with Crippen molar-refractivity contribution in [1.82, 2.24) is 10.6 Å². The first-order valence-electron chi connectivity index (χ1n) is 7.86. The number of nitrogens with one attached hydrogen (secondary N) is 2. The van der Waals surface area contributed by atoms with Crippen LogP contribution >= 0.6 is 0 Å². The lowest BCUT2D eigenvalue weighted by Crippen LogP contribution is -2.45. The maximum Gasteiger partial charge on any atom is 0.191 e. The van der Waals surface area contributed by atoms with Gasteiger partial charge in [0.25, 0.3) is 0 Å². The molecule has 0 aromatic heterocycles. The van der Waals surface area contributed by atoms with E-state index in [1.165, 1.54) is 38.5 Å². The molecule has 1 unspecified atom stereocenters. The van der Waals surface area contributed by atoms with E-state index in [0.717, 1.165) is 31.4 Å². The fraction of sp³-hybridized carbons (Fsp3) is 0.933. The normalized spacial score (nSPS) is 32.3. The first kappa shape index (κ1) is 14.6. The Morgan fingerprint density at radius 3 is 2.63 bits per heavy atom. The second-order valence-electron chi connectivity index (χ2n) is 6.02. The van der Waals surface area contributed by atoms with Gasteiger partial charge in [-0.05, 0) is 50.9 Å². The van der Waals surface area contributed by atoms with Gasteiger partial charge in [0, 0.05) is 26.2 Å². The van der Waals surface area contributed by atoms with Gasteiger partial charge in [0.05, 0.1) is 6.10 Å². The van der Waals surface area contributed by atoms with Gasteiger partial charge in [0.2, 0.25) is 0 Å². The third-order valence-corrected chi connectivity index (χ3v) is 4.36. The maximum atomic E-state index is 5.63. The number of hydrogen-bond acceptors (Lipinski definition) is 2. The molecule has 0 radical (unpaired) electrons. The highest BCUT2D eigenvalue weighted by molar-refractivity contribution is 5.79. The van der Waals surface area contributed by atoms with Gasteiger partial charge in [0.1, 0.15) is 0 Å². The Balaban J connectivity index is 1.62. The molecule has 0 spiro atoms. The van der Waals surface area contributed by atoms with Gasteiger partial charge in [-0.3, -0.25) is 4.99 Å². The van der Waals surface area contributed by atoms with Crippen molar-refractivity contribution < 1.29 is 4.74 Å². The summed E-state index contributed by atoms with van der Waals surface area (Å²) in [5.41, 5.74) is 0. The molecule has 1 saturated heterocycles. The summed E-state index contributed by atoms with van der Waals surface area (Å²) in [6, 6.07) is 0.602. The lowest BCUT2D eigenvalue weighted by atomic mass is 9.87. The summed E-state index contributed by atoms with van der Waals surface area (Å²) in [7, 11) is 1.85. The van der Waals surface area contributed by atoms with Crippen LogP contribution in [0, 0.1) is 5.92 Å². The van der Waals surface area contributed by atoms with Crippen LogP contribution in [0.2, 0.25) is 0 Å². The third-order valence-electron chi connectivity index (χ3n) is 4.36. The molecule has 0 aromatic rings. The smallest absolute Gasteiger partial charge is 0.191 e. The summed E-state index contributed by atoms with van der Waals surface area (Å²) in [6.45, 7) is 4.25. The number of hydrogen-bond donors (Lipinski definition) is 2. The van der Waals surface area contributed by atoms with Crippen molar-refractivity contribution in [2.75, 3.05) is 20.2 Å². The second-order valence-corrected chi connectivity index (χ2v) is 6.02. The molecule has 2 aliphatic rings. The minimum Gasteiger partial charge on any atom is -0.378 e. The predicted octanol–water partition coefficient (Wildman–Crippen LogP) is 2.30. The zero-order valence-corrected chi connectivity index (χ0v) is 12.5. The maximum absolute atomic E-state index is 5.63. The Morgan fingerprint density at radius 1 is 1.21 bits per heavy atom. The number of rotatable bonds is 4. The van der Waals surface area contributed by atoms with Crippen molar-refractivity contribution in [3.8, 4) is 0 Å². The molecule has 4 nitrogen and oxygen atoms in total. The predicted molar refractivity (Wildman–Crippen MR) is 79.5 cm³/mol. The highest BCUT2D eigenvalue weighted by atomic mass is 16.5. The van der Waals surface area contributed by atoms with Crippen LogP contribution in [-0.2, 0) is 4.74 Å². The number of aliphatic imine (C=N–C) groups is 1. The zero-order chi connectivity index (χ0) is 13.5. The van der Waals surface area contributed by atoms with Crippen molar-refractivity contribution in [3.05, 3.63) is 0 Å². The third kappa shape index (κ3) is 5.01. The van der Waals surface area contributed by atoms with Crippen molar-refractivity contribution in [3.63, 3.8) is 0 Å². The molecule has 1 heterocycles. The number of ether oxygens (including phenoxy) is 1. The van der Waals surface area contributed by atoms with E-state index in [9.17, 15) is 0 Å². The fourth-order valence-electron chi connectivity index (χ4n) is 3.02. The van der Waals surface area contributed by atoms with E-state index in [1.807, 2.05) is 7.05 Å². The molecule has 1 saturated carbocycles. The van der Waals surface area contributed by atoms with E-state index in [-0.39, 0.29) is 0 Å².